The van der Waals surface area contributed by atoms with E-state index in [0.29, 0.717) is 30.5 Å². The number of hydrogen-bond acceptors (Lipinski definition) is 3. The van der Waals surface area contributed by atoms with Crippen LogP contribution in [0.15, 0.2) is 60.8 Å². The molecular weight excluding hydrogens is 402 g/mol. The van der Waals surface area contributed by atoms with Gasteiger partial charge in [-0.2, -0.15) is 0 Å². The highest BCUT2D eigenvalue weighted by Crippen LogP contribution is 2.23. The van der Waals surface area contributed by atoms with E-state index >= 15 is 0 Å². The number of carbonyl (C=O) groups is 3. The van der Waals surface area contributed by atoms with E-state index in [-0.39, 0.29) is 12.5 Å². The minimum absolute atomic E-state index is 0.0248. The fraction of sp³-hybridized carbons (Fsp3) is 0.346. The van der Waals surface area contributed by atoms with Gasteiger partial charge in [-0.05, 0) is 45.7 Å². The molecule has 2 aromatic carbocycles. The molecule has 6 heteroatoms. The van der Waals surface area contributed by atoms with Crippen LogP contribution in [0.4, 0.5) is 0 Å². The van der Waals surface area contributed by atoms with E-state index in [4.69, 9.17) is 0 Å². The van der Waals surface area contributed by atoms with Crippen LogP contribution in [0.5, 0.6) is 0 Å². The first-order chi connectivity index (χ1) is 15.3. The van der Waals surface area contributed by atoms with Crippen LogP contribution in [0, 0.1) is 0 Å². The normalized spacial score (nSPS) is 11.4. The van der Waals surface area contributed by atoms with Crippen LogP contribution in [0.1, 0.15) is 43.6 Å². The molecule has 0 aliphatic rings. The van der Waals surface area contributed by atoms with Crippen molar-refractivity contribution in [2.75, 3.05) is 13.1 Å². The highest BCUT2D eigenvalue weighted by atomic mass is 16.2. The van der Waals surface area contributed by atoms with E-state index in [1.165, 1.54) is 0 Å². The van der Waals surface area contributed by atoms with Crippen LogP contribution in [0.25, 0.3) is 10.9 Å². The lowest BCUT2D eigenvalue weighted by Gasteiger charge is -2.26. The third kappa shape index (κ3) is 5.25. The third-order valence-corrected chi connectivity index (χ3v) is 5.60. The molecule has 0 aliphatic carbocycles. The Balaban J connectivity index is 1.83. The number of carbonyl (C=O) groups excluding carboxylic acids is 3. The Morgan fingerprint density at radius 3 is 2.22 bits per heavy atom. The number of ketones is 1. The number of likely N-dealkylation sites (N-methyl/N-ethyl adjacent to an activating group) is 1. The van der Waals surface area contributed by atoms with E-state index in [1.807, 2.05) is 82.3 Å². The Hall–Kier alpha value is -3.41. The van der Waals surface area contributed by atoms with Crippen molar-refractivity contribution in [2.24, 2.45) is 0 Å². The molecule has 0 atom stereocenters. The van der Waals surface area contributed by atoms with Gasteiger partial charge in [0.1, 0.15) is 6.54 Å². The van der Waals surface area contributed by atoms with Crippen molar-refractivity contribution in [1.82, 2.24) is 14.8 Å². The van der Waals surface area contributed by atoms with Crippen molar-refractivity contribution < 1.29 is 14.4 Å². The maximum Gasteiger partial charge on any atom is 0.292 e. The average Bonchev–Trinajstić information content (AvgIpc) is 3.12. The second-order valence-corrected chi connectivity index (χ2v) is 8.58. The monoisotopic (exact) mass is 433 g/mol. The zero-order valence-electron chi connectivity index (χ0n) is 19.2. The van der Waals surface area contributed by atoms with Gasteiger partial charge in [0.05, 0.1) is 5.56 Å². The molecular formula is C26H31N3O3. The van der Waals surface area contributed by atoms with Gasteiger partial charge in [0.15, 0.2) is 0 Å². The van der Waals surface area contributed by atoms with Gasteiger partial charge < -0.3 is 14.8 Å². The molecule has 0 radical (unpaired) electrons. The zero-order valence-corrected chi connectivity index (χ0v) is 19.2. The number of nitrogens with zero attached hydrogens (tertiary/aromatic N) is 2. The lowest BCUT2D eigenvalue weighted by molar-refractivity contribution is -0.131. The van der Waals surface area contributed by atoms with Gasteiger partial charge in [-0.3, -0.25) is 14.4 Å². The molecule has 1 heterocycles. The zero-order chi connectivity index (χ0) is 23.3. The summed E-state index contributed by atoms with van der Waals surface area (Å²) >= 11 is 0. The Bertz CT molecular complexity index is 1110. The predicted octanol–water partition coefficient (Wildman–Crippen LogP) is 3.83. The van der Waals surface area contributed by atoms with Gasteiger partial charge in [0.2, 0.25) is 5.91 Å². The molecule has 1 N–H and O–H groups in total. The largest absolute Gasteiger partial charge is 0.344 e. The van der Waals surface area contributed by atoms with Gasteiger partial charge in [0.25, 0.3) is 11.7 Å². The number of fused-ring (bicyclic) bond motifs is 1. The Morgan fingerprint density at radius 2 is 1.56 bits per heavy atom. The average molecular weight is 434 g/mol. The molecule has 3 aromatic rings. The Labute approximate surface area is 189 Å². The third-order valence-electron chi connectivity index (χ3n) is 5.60. The first-order valence-electron chi connectivity index (χ1n) is 11.0. The quantitative estimate of drug-likeness (QED) is 0.412. The van der Waals surface area contributed by atoms with E-state index in [1.54, 1.807) is 15.7 Å². The molecule has 1 aromatic heterocycles. The number of benzene rings is 2. The van der Waals surface area contributed by atoms with Gasteiger partial charge in [0, 0.05) is 35.7 Å². The summed E-state index contributed by atoms with van der Waals surface area (Å²) in [4.78, 5) is 40.4. The minimum Gasteiger partial charge on any atom is -0.344 e. The Kier molecular flexibility index (Phi) is 7.13. The maximum atomic E-state index is 13.1. The lowest BCUT2D eigenvalue weighted by Crippen LogP contribution is -2.47. The van der Waals surface area contributed by atoms with Crippen LogP contribution >= 0.6 is 0 Å². The van der Waals surface area contributed by atoms with Gasteiger partial charge >= 0.3 is 0 Å². The molecule has 2 amide bonds. The van der Waals surface area contributed by atoms with Gasteiger partial charge in [-0.15, -0.1) is 0 Å². The summed E-state index contributed by atoms with van der Waals surface area (Å²) in [7, 11) is 0. The molecule has 0 bridgehead atoms. The van der Waals surface area contributed by atoms with Crippen molar-refractivity contribution in [3.63, 3.8) is 0 Å². The highest BCUT2D eigenvalue weighted by molar-refractivity contribution is 6.45. The lowest BCUT2D eigenvalue weighted by atomic mass is 9.94. The van der Waals surface area contributed by atoms with Gasteiger partial charge in [-0.25, -0.2) is 0 Å². The summed E-state index contributed by atoms with van der Waals surface area (Å²) in [6.45, 7) is 9.04. The van der Waals surface area contributed by atoms with Crippen LogP contribution in [0.3, 0.4) is 0 Å². The summed E-state index contributed by atoms with van der Waals surface area (Å²) < 4.78 is 1.76. The molecule has 32 heavy (non-hydrogen) atoms. The van der Waals surface area contributed by atoms with Crippen molar-refractivity contribution in [3.05, 3.63) is 71.9 Å². The summed E-state index contributed by atoms with van der Waals surface area (Å²) in [6, 6.07) is 17.2. The van der Waals surface area contributed by atoms with Crippen molar-refractivity contribution in [3.8, 4) is 0 Å². The van der Waals surface area contributed by atoms with E-state index < -0.39 is 17.2 Å². The SMILES string of the molecule is CCN(CC)C(=O)Cn1cc(C(=O)C(=O)NC(C)(C)Cc2ccccc2)c2ccccc21. The van der Waals surface area contributed by atoms with Gasteiger partial charge in [-0.1, -0.05) is 48.5 Å². The summed E-state index contributed by atoms with van der Waals surface area (Å²) in [5, 5.41) is 3.55. The molecule has 6 nitrogen and oxygen atoms in total. The predicted molar refractivity (Wildman–Crippen MR) is 127 cm³/mol. The van der Waals surface area contributed by atoms with Crippen LogP contribution in [-0.2, 0) is 22.6 Å². The van der Waals surface area contributed by atoms with Crippen LogP contribution in [0.2, 0.25) is 0 Å². The molecule has 0 saturated carbocycles. The number of para-hydroxylation sites is 1. The molecule has 0 unspecified atom stereocenters. The van der Waals surface area contributed by atoms with Crippen LogP contribution in [-0.4, -0.2) is 45.7 Å². The molecule has 0 fully saturated rings. The fourth-order valence-electron chi connectivity index (χ4n) is 4.02. The molecule has 168 valence electrons. The Morgan fingerprint density at radius 1 is 0.938 bits per heavy atom. The molecule has 0 aliphatic heterocycles. The van der Waals surface area contributed by atoms with Crippen molar-refractivity contribution in [1.29, 1.82) is 0 Å². The highest BCUT2D eigenvalue weighted by Gasteiger charge is 2.28. The number of nitrogens with one attached hydrogen (secondary N) is 1. The smallest absolute Gasteiger partial charge is 0.292 e. The number of aromatic nitrogens is 1. The minimum atomic E-state index is -0.649. The number of hydrogen-bond donors (Lipinski definition) is 1. The summed E-state index contributed by atoms with van der Waals surface area (Å²) in [5.74, 6) is -1.27. The second-order valence-electron chi connectivity index (χ2n) is 8.58. The topological polar surface area (TPSA) is 71.4 Å². The first-order valence-corrected chi connectivity index (χ1v) is 11.0. The molecule has 0 saturated heterocycles. The van der Waals surface area contributed by atoms with E-state index in [9.17, 15) is 14.4 Å². The summed E-state index contributed by atoms with van der Waals surface area (Å²) in [5.41, 5.74) is 1.55. The van der Waals surface area contributed by atoms with Crippen molar-refractivity contribution >= 4 is 28.5 Å². The van der Waals surface area contributed by atoms with Crippen molar-refractivity contribution in [2.45, 2.75) is 46.2 Å². The van der Waals surface area contributed by atoms with Crippen LogP contribution < -0.4 is 5.32 Å². The second kappa shape index (κ2) is 9.81. The maximum absolute atomic E-state index is 13.1. The fourth-order valence-corrected chi connectivity index (χ4v) is 4.02. The first kappa shape index (κ1) is 23.3. The van der Waals surface area contributed by atoms with E-state index in [0.717, 1.165) is 11.1 Å². The molecule has 3 rings (SSSR count). The number of Topliss-reactive ketones (excluding diaryl/α,β-unsaturated/α-hetero) is 1. The van der Waals surface area contributed by atoms with E-state index in [2.05, 4.69) is 5.32 Å². The molecule has 0 spiro atoms. The standard InChI is InChI=1S/C26H31N3O3/c1-5-28(6-2)23(30)18-29-17-21(20-14-10-11-15-22(20)29)24(31)25(32)27-26(3,4)16-19-12-8-7-9-13-19/h7-15,17H,5-6,16,18H2,1-4H3,(H,27,32). The number of rotatable bonds is 9. The summed E-state index contributed by atoms with van der Waals surface area (Å²) in [6.07, 6.45) is 2.23. The number of amides is 2.